The van der Waals surface area contributed by atoms with Crippen LogP contribution in [0, 0.1) is 0 Å². The third-order valence-electron chi connectivity index (χ3n) is 2.51. The molecule has 6 heteroatoms. The van der Waals surface area contributed by atoms with Crippen LogP contribution < -0.4 is 16.8 Å². The first-order valence-corrected chi connectivity index (χ1v) is 7.87. The molecule has 1 aromatic rings. The predicted octanol–water partition coefficient (Wildman–Crippen LogP) is 1.30. The molecule has 0 spiro atoms. The molecule has 0 heterocycles. The molecule has 1 rings (SSSR count). The average Bonchev–Trinajstić information content (AvgIpc) is 2.48. The standard InChI is InChI=1S/C10H15NS.C5H10N2O2/c1-3-12-10-6-4-9(5-7-10)8-11-2;6-4(3-8)1-2-5(7)9/h4-7,11H,3,8H2,1-2H3;3-4H,1-2,6H2,(H2,7,9). The van der Waals surface area contributed by atoms with Gasteiger partial charge in [-0.25, -0.2) is 0 Å². The summed E-state index contributed by atoms with van der Waals surface area (Å²) < 4.78 is 0. The van der Waals surface area contributed by atoms with E-state index in [2.05, 4.69) is 36.5 Å². The van der Waals surface area contributed by atoms with Gasteiger partial charge in [0.15, 0.2) is 0 Å². The molecule has 5 N–H and O–H groups in total. The Balaban J connectivity index is 0.000000400. The summed E-state index contributed by atoms with van der Waals surface area (Å²) in [5.41, 5.74) is 11.3. The molecule has 0 radical (unpaired) electrons. The van der Waals surface area contributed by atoms with Crippen LogP contribution in [-0.4, -0.2) is 31.0 Å². The number of carbonyl (C=O) groups excluding carboxylic acids is 2. The summed E-state index contributed by atoms with van der Waals surface area (Å²) in [4.78, 5) is 21.3. The maximum Gasteiger partial charge on any atom is 0.217 e. The minimum absolute atomic E-state index is 0.180. The summed E-state index contributed by atoms with van der Waals surface area (Å²) >= 11 is 1.88. The van der Waals surface area contributed by atoms with Crippen LogP contribution >= 0.6 is 11.8 Å². The number of carbonyl (C=O) groups is 2. The summed E-state index contributed by atoms with van der Waals surface area (Å²) in [7, 11) is 1.97. The van der Waals surface area contributed by atoms with E-state index in [9.17, 15) is 9.59 Å². The molecule has 0 aliphatic carbocycles. The van der Waals surface area contributed by atoms with Crippen LogP contribution in [-0.2, 0) is 16.1 Å². The van der Waals surface area contributed by atoms with Crippen molar-refractivity contribution in [2.24, 2.45) is 11.5 Å². The van der Waals surface area contributed by atoms with E-state index < -0.39 is 11.9 Å². The molecule has 21 heavy (non-hydrogen) atoms. The van der Waals surface area contributed by atoms with Crippen LogP contribution in [0.15, 0.2) is 29.2 Å². The smallest absolute Gasteiger partial charge is 0.217 e. The van der Waals surface area contributed by atoms with E-state index in [1.807, 2.05) is 18.8 Å². The van der Waals surface area contributed by atoms with E-state index in [0.29, 0.717) is 12.7 Å². The first-order valence-electron chi connectivity index (χ1n) is 6.89. The molecule has 0 fully saturated rings. The van der Waals surface area contributed by atoms with Gasteiger partial charge in [0.25, 0.3) is 0 Å². The topological polar surface area (TPSA) is 98.2 Å². The molecule has 118 valence electrons. The number of nitrogens with one attached hydrogen (secondary N) is 1. The Hall–Kier alpha value is -1.37. The Morgan fingerprint density at radius 3 is 2.43 bits per heavy atom. The largest absolute Gasteiger partial charge is 0.370 e. The number of amides is 1. The van der Waals surface area contributed by atoms with E-state index in [1.165, 1.54) is 10.5 Å². The first-order chi connectivity index (χ1) is 10.0. The SMILES string of the molecule is CCSc1ccc(CNC)cc1.NC(=O)CCC(N)C=O. The number of hydrogen-bond donors (Lipinski definition) is 3. The number of aldehydes is 1. The van der Waals surface area contributed by atoms with Gasteiger partial charge in [-0.3, -0.25) is 4.79 Å². The van der Waals surface area contributed by atoms with Gasteiger partial charge < -0.3 is 21.6 Å². The number of hydrogen-bond acceptors (Lipinski definition) is 5. The zero-order valence-corrected chi connectivity index (χ0v) is 13.5. The third-order valence-corrected chi connectivity index (χ3v) is 3.41. The molecule has 0 saturated carbocycles. The van der Waals surface area contributed by atoms with Crippen LogP contribution in [0.3, 0.4) is 0 Å². The van der Waals surface area contributed by atoms with Gasteiger partial charge in [-0.1, -0.05) is 19.1 Å². The molecule has 0 bridgehead atoms. The molecule has 5 nitrogen and oxygen atoms in total. The molecular formula is C15H25N3O2S. The number of thioether (sulfide) groups is 1. The second-order valence-electron chi connectivity index (χ2n) is 4.41. The van der Waals surface area contributed by atoms with Gasteiger partial charge in [0.2, 0.25) is 5.91 Å². The van der Waals surface area contributed by atoms with Gasteiger partial charge in [0.1, 0.15) is 6.29 Å². The van der Waals surface area contributed by atoms with Crippen LogP contribution in [0.2, 0.25) is 0 Å². The minimum Gasteiger partial charge on any atom is -0.370 e. The van der Waals surface area contributed by atoms with Crippen LogP contribution in [0.4, 0.5) is 0 Å². The van der Waals surface area contributed by atoms with E-state index in [-0.39, 0.29) is 6.42 Å². The van der Waals surface area contributed by atoms with Crippen molar-refractivity contribution in [1.29, 1.82) is 0 Å². The zero-order chi connectivity index (χ0) is 16.1. The quantitative estimate of drug-likeness (QED) is 0.496. The molecular weight excluding hydrogens is 286 g/mol. The van der Waals surface area contributed by atoms with E-state index >= 15 is 0 Å². The van der Waals surface area contributed by atoms with Crippen molar-refractivity contribution in [3.05, 3.63) is 29.8 Å². The Morgan fingerprint density at radius 1 is 1.38 bits per heavy atom. The Bertz CT molecular complexity index is 385. The molecule has 0 aliphatic rings. The van der Waals surface area contributed by atoms with Crippen molar-refractivity contribution < 1.29 is 9.59 Å². The van der Waals surface area contributed by atoms with Crippen molar-refractivity contribution in [2.45, 2.75) is 37.2 Å². The molecule has 1 atom stereocenters. The van der Waals surface area contributed by atoms with Crippen molar-refractivity contribution in [3.63, 3.8) is 0 Å². The third kappa shape index (κ3) is 11.0. The maximum absolute atomic E-state index is 10.1. The van der Waals surface area contributed by atoms with Crippen LogP contribution in [0.25, 0.3) is 0 Å². The highest BCUT2D eigenvalue weighted by Crippen LogP contribution is 2.17. The molecule has 1 aromatic carbocycles. The van der Waals surface area contributed by atoms with Gasteiger partial charge in [0.05, 0.1) is 6.04 Å². The number of benzene rings is 1. The van der Waals surface area contributed by atoms with E-state index in [0.717, 1.165) is 12.3 Å². The van der Waals surface area contributed by atoms with Gasteiger partial charge in [-0.05, 0) is 36.9 Å². The molecule has 0 saturated heterocycles. The predicted molar refractivity (Wildman–Crippen MR) is 88.1 cm³/mol. The lowest BCUT2D eigenvalue weighted by molar-refractivity contribution is -0.118. The molecule has 0 aliphatic heterocycles. The molecule has 0 aromatic heterocycles. The summed E-state index contributed by atoms with van der Waals surface area (Å²) in [6, 6.07) is 8.17. The number of rotatable bonds is 8. The molecule has 1 unspecified atom stereocenters. The minimum atomic E-state index is -0.544. The van der Waals surface area contributed by atoms with Crippen molar-refractivity contribution >= 4 is 24.0 Å². The zero-order valence-electron chi connectivity index (χ0n) is 12.7. The molecule has 1 amide bonds. The van der Waals surface area contributed by atoms with Crippen molar-refractivity contribution in [3.8, 4) is 0 Å². The monoisotopic (exact) mass is 311 g/mol. The fourth-order valence-electron chi connectivity index (χ4n) is 1.45. The van der Waals surface area contributed by atoms with Gasteiger partial charge in [-0.2, -0.15) is 0 Å². The summed E-state index contributed by atoms with van der Waals surface area (Å²) in [6.45, 7) is 3.13. The maximum atomic E-state index is 10.1. The lowest BCUT2D eigenvalue weighted by atomic mass is 10.2. The van der Waals surface area contributed by atoms with Crippen LogP contribution in [0.5, 0.6) is 0 Å². The van der Waals surface area contributed by atoms with Crippen LogP contribution in [0.1, 0.15) is 25.3 Å². The summed E-state index contributed by atoms with van der Waals surface area (Å²) in [5.74, 6) is 0.720. The average molecular weight is 311 g/mol. The summed E-state index contributed by atoms with van der Waals surface area (Å²) in [5, 5.41) is 3.13. The van der Waals surface area contributed by atoms with E-state index in [4.69, 9.17) is 11.5 Å². The van der Waals surface area contributed by atoms with Gasteiger partial charge in [-0.15, -0.1) is 11.8 Å². The fraction of sp³-hybridized carbons (Fsp3) is 0.467. The highest BCUT2D eigenvalue weighted by Gasteiger charge is 2.01. The number of nitrogens with two attached hydrogens (primary N) is 2. The lowest BCUT2D eigenvalue weighted by Crippen LogP contribution is -2.24. The highest BCUT2D eigenvalue weighted by molar-refractivity contribution is 7.99. The normalized spacial score (nSPS) is 11.2. The Morgan fingerprint density at radius 2 is 2.00 bits per heavy atom. The van der Waals surface area contributed by atoms with Crippen molar-refractivity contribution in [2.75, 3.05) is 12.8 Å². The number of primary amides is 1. The second-order valence-corrected chi connectivity index (χ2v) is 5.75. The summed E-state index contributed by atoms with van der Waals surface area (Å²) in [6.07, 6.45) is 1.13. The second kappa shape index (κ2) is 12.4. The van der Waals surface area contributed by atoms with Crippen molar-refractivity contribution in [1.82, 2.24) is 5.32 Å². The first kappa shape index (κ1) is 19.6. The fourth-order valence-corrected chi connectivity index (χ4v) is 2.11. The van der Waals surface area contributed by atoms with Gasteiger partial charge >= 0.3 is 0 Å². The van der Waals surface area contributed by atoms with Gasteiger partial charge in [0, 0.05) is 17.9 Å². The van der Waals surface area contributed by atoms with E-state index in [1.54, 1.807) is 0 Å². The lowest BCUT2D eigenvalue weighted by Gasteiger charge is -2.01. The highest BCUT2D eigenvalue weighted by atomic mass is 32.2. The Labute approximate surface area is 130 Å². The Kier molecular flexibility index (Phi) is 11.6.